The molecule has 0 unspecified atom stereocenters. The zero-order valence-corrected chi connectivity index (χ0v) is 9.80. The molecule has 0 aliphatic heterocycles. The third kappa shape index (κ3) is 3.01. The fourth-order valence-corrected chi connectivity index (χ4v) is 5.45. The molecule has 0 aliphatic rings. The fourth-order valence-electron chi connectivity index (χ4n) is 0.693. The molecule has 1 rings (SSSR count). The molecule has 54 valence electrons. The third-order valence-electron chi connectivity index (χ3n) is 1.27. The summed E-state index contributed by atoms with van der Waals surface area (Å²) in [6.45, 7) is 2.25. The van der Waals surface area contributed by atoms with Gasteiger partial charge >= 0.3 is 76.3 Å². The van der Waals surface area contributed by atoms with Crippen molar-refractivity contribution in [2.75, 3.05) is 0 Å². The molecule has 0 fully saturated rings. The van der Waals surface area contributed by atoms with E-state index >= 15 is 0 Å². The van der Waals surface area contributed by atoms with Crippen LogP contribution in [0.4, 0.5) is 0 Å². The predicted octanol–water partition coefficient (Wildman–Crippen LogP) is 1.69. The van der Waals surface area contributed by atoms with Crippen LogP contribution in [-0.4, -0.2) is 26.1 Å². The summed E-state index contributed by atoms with van der Waals surface area (Å²) >= 11 is 1.49. The van der Waals surface area contributed by atoms with E-state index in [1.165, 1.54) is 21.0 Å². The Labute approximate surface area is 76.1 Å². The first-order valence-corrected chi connectivity index (χ1v) is 7.94. The van der Waals surface area contributed by atoms with Crippen LogP contribution in [0.3, 0.4) is 0 Å². The summed E-state index contributed by atoms with van der Waals surface area (Å²) in [5.74, 6) is 0. The Kier molecular flexibility index (Phi) is 4.37. The normalized spacial score (nSPS) is 10.1. The van der Waals surface area contributed by atoms with Crippen molar-refractivity contribution < 1.29 is 0 Å². The second-order valence-corrected chi connectivity index (χ2v) is 6.77. The van der Waals surface area contributed by atoms with E-state index in [4.69, 9.17) is 0 Å². The van der Waals surface area contributed by atoms with Gasteiger partial charge in [0, 0.05) is 0 Å². The fraction of sp³-hybridized carbons (Fsp3) is 0.571. The SMILES string of the molecule is CCC[CH2][Sn][c]1cscn1. The molecule has 0 bridgehead atoms. The molecule has 1 aromatic rings. The van der Waals surface area contributed by atoms with Gasteiger partial charge in [0.25, 0.3) is 0 Å². The van der Waals surface area contributed by atoms with Crippen molar-refractivity contribution in [1.29, 1.82) is 0 Å². The van der Waals surface area contributed by atoms with Crippen molar-refractivity contribution in [3.05, 3.63) is 10.9 Å². The number of rotatable bonds is 4. The van der Waals surface area contributed by atoms with Crippen LogP contribution in [0.15, 0.2) is 10.9 Å². The van der Waals surface area contributed by atoms with Crippen LogP contribution in [-0.2, 0) is 0 Å². The Balaban J connectivity index is 2.15. The van der Waals surface area contributed by atoms with Crippen LogP contribution in [0.1, 0.15) is 19.8 Å². The monoisotopic (exact) mass is 261 g/mol. The molecule has 0 saturated heterocycles. The summed E-state index contributed by atoms with van der Waals surface area (Å²) in [4.78, 5) is 4.28. The van der Waals surface area contributed by atoms with Crippen molar-refractivity contribution in [3.63, 3.8) is 0 Å². The summed E-state index contributed by atoms with van der Waals surface area (Å²) in [5, 5.41) is 2.21. The first-order valence-electron chi connectivity index (χ1n) is 3.55. The molecule has 2 radical (unpaired) electrons. The van der Waals surface area contributed by atoms with Crippen LogP contribution < -0.4 is 3.71 Å². The summed E-state index contributed by atoms with van der Waals surface area (Å²) in [5.41, 5.74) is 1.95. The Hall–Kier alpha value is 0.429. The molecule has 0 saturated carbocycles. The van der Waals surface area contributed by atoms with Crippen LogP contribution in [0, 0.1) is 0 Å². The summed E-state index contributed by atoms with van der Waals surface area (Å²) < 4.78 is 2.89. The Morgan fingerprint density at radius 1 is 1.70 bits per heavy atom. The quantitative estimate of drug-likeness (QED) is 0.593. The Bertz CT molecular complexity index is 162. The van der Waals surface area contributed by atoms with Gasteiger partial charge in [0.1, 0.15) is 0 Å². The molecule has 0 atom stereocenters. The topological polar surface area (TPSA) is 12.9 Å². The molecule has 1 heterocycles. The molecule has 0 amide bonds. The van der Waals surface area contributed by atoms with Gasteiger partial charge < -0.3 is 0 Å². The Morgan fingerprint density at radius 3 is 3.20 bits per heavy atom. The predicted molar refractivity (Wildman–Crippen MR) is 47.2 cm³/mol. The van der Waals surface area contributed by atoms with Crippen LogP contribution in [0.25, 0.3) is 0 Å². The third-order valence-corrected chi connectivity index (χ3v) is 5.99. The first-order chi connectivity index (χ1) is 4.93. The average Bonchev–Trinajstić information content (AvgIpc) is 2.41. The van der Waals surface area contributed by atoms with E-state index in [1.807, 2.05) is 5.51 Å². The van der Waals surface area contributed by atoms with E-state index < -0.39 is 0 Å². The van der Waals surface area contributed by atoms with Crippen LogP contribution in [0.2, 0.25) is 4.44 Å². The molecule has 0 N–H and O–H groups in total. The van der Waals surface area contributed by atoms with Gasteiger partial charge in [-0.1, -0.05) is 0 Å². The first kappa shape index (κ1) is 8.52. The van der Waals surface area contributed by atoms with Gasteiger partial charge in [-0.25, -0.2) is 0 Å². The van der Waals surface area contributed by atoms with Crippen molar-refractivity contribution >= 4 is 36.2 Å². The summed E-state index contributed by atoms with van der Waals surface area (Å²) in [7, 11) is 0. The second kappa shape index (κ2) is 5.13. The van der Waals surface area contributed by atoms with E-state index in [0.717, 1.165) is 0 Å². The number of thiazole rings is 1. The van der Waals surface area contributed by atoms with Crippen molar-refractivity contribution in [2.45, 2.75) is 24.2 Å². The van der Waals surface area contributed by atoms with Gasteiger partial charge in [-0.15, -0.1) is 0 Å². The zero-order valence-electron chi connectivity index (χ0n) is 6.13. The van der Waals surface area contributed by atoms with Crippen molar-refractivity contribution in [3.8, 4) is 0 Å². The number of aromatic nitrogens is 1. The van der Waals surface area contributed by atoms with Gasteiger partial charge in [-0.2, -0.15) is 0 Å². The molecule has 0 aliphatic carbocycles. The van der Waals surface area contributed by atoms with Crippen molar-refractivity contribution in [1.82, 2.24) is 4.98 Å². The molecule has 1 aromatic heterocycles. The maximum atomic E-state index is 4.28. The molecule has 3 heteroatoms. The number of hydrogen-bond donors (Lipinski definition) is 0. The van der Waals surface area contributed by atoms with Gasteiger partial charge in [-0.3, -0.25) is 0 Å². The van der Waals surface area contributed by atoms with E-state index in [0.29, 0.717) is 0 Å². The second-order valence-electron chi connectivity index (χ2n) is 2.15. The zero-order chi connectivity index (χ0) is 7.23. The molecule has 0 spiro atoms. The standard InChI is InChI=1S/C4H9.C3H2NS.Sn/c1-3-4-2;1-2-5-3-4-1;/h1,3-4H2,2H3;2-3H;. The van der Waals surface area contributed by atoms with Gasteiger partial charge in [-0.05, 0) is 0 Å². The van der Waals surface area contributed by atoms with Gasteiger partial charge in [0.2, 0.25) is 0 Å². The van der Waals surface area contributed by atoms with Crippen LogP contribution >= 0.6 is 11.3 Å². The number of unbranched alkanes of at least 4 members (excludes halogenated alkanes) is 1. The molecule has 1 nitrogen and oxygen atoms in total. The summed E-state index contributed by atoms with van der Waals surface area (Å²) in [6.07, 6.45) is 2.74. The number of hydrogen-bond acceptors (Lipinski definition) is 2. The summed E-state index contributed by atoms with van der Waals surface area (Å²) in [6, 6.07) is 0. The van der Waals surface area contributed by atoms with E-state index in [1.54, 1.807) is 11.3 Å². The Morgan fingerprint density at radius 2 is 2.60 bits per heavy atom. The average molecular weight is 260 g/mol. The maximum absolute atomic E-state index is 4.28. The van der Waals surface area contributed by atoms with Gasteiger partial charge in [0.15, 0.2) is 0 Å². The minimum atomic E-state index is -0.237. The van der Waals surface area contributed by atoms with E-state index in [2.05, 4.69) is 17.3 Å². The molecule has 10 heavy (non-hydrogen) atoms. The molecular formula is C7H11NSSn. The minimum absolute atomic E-state index is 0.237. The van der Waals surface area contributed by atoms with E-state index in [9.17, 15) is 0 Å². The van der Waals surface area contributed by atoms with Crippen molar-refractivity contribution in [2.24, 2.45) is 0 Å². The van der Waals surface area contributed by atoms with Gasteiger partial charge in [0.05, 0.1) is 0 Å². The molecule has 0 aromatic carbocycles. The van der Waals surface area contributed by atoms with E-state index in [-0.39, 0.29) is 21.1 Å². The van der Waals surface area contributed by atoms with Crippen LogP contribution in [0.5, 0.6) is 0 Å². The molecular weight excluding hydrogens is 249 g/mol. The number of nitrogens with zero attached hydrogens (tertiary/aromatic N) is 1.